The Bertz CT molecular complexity index is 1030. The third-order valence-electron chi connectivity index (χ3n) is 5.53. The first-order valence-electron chi connectivity index (χ1n) is 9.42. The van der Waals surface area contributed by atoms with Crippen LogP contribution in [0.1, 0.15) is 25.6 Å². The number of fused-ring (bicyclic) bond motifs is 2. The molecule has 0 N–H and O–H groups in total. The van der Waals surface area contributed by atoms with Gasteiger partial charge in [0.15, 0.2) is 0 Å². The Morgan fingerprint density at radius 1 is 0.903 bits per heavy atom. The van der Waals surface area contributed by atoms with Gasteiger partial charge in [0, 0.05) is 44.3 Å². The van der Waals surface area contributed by atoms with Gasteiger partial charge in [-0.15, -0.1) is 0 Å². The fraction of sp³-hybridized carbons (Fsp3) is 0.318. The van der Waals surface area contributed by atoms with Gasteiger partial charge in [-0.25, -0.2) is 4.79 Å². The molecule has 0 fully saturated rings. The number of anilines is 3. The number of nitrogens with zero attached hydrogens (tertiary/aromatic N) is 3. The Kier molecular flexibility index (Phi) is 11.4. The van der Waals surface area contributed by atoms with Crippen molar-refractivity contribution >= 4 is 28.0 Å². The molecule has 0 saturated carbocycles. The Hall–Kier alpha value is -1.46. The average molecular weight is 535 g/mol. The van der Waals surface area contributed by atoms with Crippen LogP contribution in [0.4, 0.5) is 17.1 Å². The molecule has 9 heteroatoms. The molecule has 0 radical (unpaired) electrons. The average Bonchev–Trinajstić information content (AvgIpc) is 2.93. The summed E-state index contributed by atoms with van der Waals surface area (Å²) in [5, 5.41) is 0.943. The van der Waals surface area contributed by atoms with E-state index in [-0.39, 0.29) is 68.5 Å². The van der Waals surface area contributed by atoms with E-state index in [0.717, 1.165) is 35.5 Å². The van der Waals surface area contributed by atoms with Gasteiger partial charge >= 0.3 is 25.1 Å². The summed E-state index contributed by atoms with van der Waals surface area (Å²) in [6.45, 7) is 6.08. The van der Waals surface area contributed by atoms with Gasteiger partial charge in [-0.1, -0.05) is 12.1 Å². The molecule has 2 aromatic carbocycles. The second-order valence-electron chi connectivity index (χ2n) is 6.97. The molecule has 0 unspecified atom stereocenters. The van der Waals surface area contributed by atoms with Crippen LogP contribution in [0.3, 0.4) is 0 Å². The van der Waals surface area contributed by atoms with Crippen molar-refractivity contribution in [3.05, 3.63) is 64.5 Å². The van der Waals surface area contributed by atoms with E-state index < -0.39 is 0 Å². The quantitative estimate of drug-likeness (QED) is 0.248. The Labute approximate surface area is 214 Å². The van der Waals surface area contributed by atoms with Gasteiger partial charge in [0.1, 0.15) is 11.7 Å². The topological polar surface area (TPSA) is 39.9 Å². The van der Waals surface area contributed by atoms with Crippen LogP contribution in [0.15, 0.2) is 57.7 Å². The summed E-state index contributed by atoms with van der Waals surface area (Å²) in [7, 11) is 4.03. The van der Waals surface area contributed by atoms with E-state index in [4.69, 9.17) is 4.42 Å². The number of para-hydroxylation sites is 2. The molecule has 5 nitrogen and oxygen atoms in total. The standard InChI is InChI=1S/C22H25N3O2.3ClH.Zn/c1-5-25(6-2)16-12-11-15-13-17(22(26)27-20(15)14-16)21-23(3)18-9-7-8-10-19(18)24(21)4;;;;/h7-14,21H,5-6H2,1-4H3;3*1H;/q;;;;+2/p-3. The van der Waals surface area contributed by atoms with E-state index >= 15 is 0 Å². The van der Waals surface area contributed by atoms with Crippen molar-refractivity contribution in [2.75, 3.05) is 41.9 Å². The van der Waals surface area contributed by atoms with Crippen LogP contribution in [0.2, 0.25) is 0 Å². The largest absolute Gasteiger partial charge is 2.00 e. The Morgan fingerprint density at radius 3 is 1.97 bits per heavy atom. The molecule has 1 aromatic heterocycles. The number of benzene rings is 2. The zero-order chi connectivity index (χ0) is 19.1. The van der Waals surface area contributed by atoms with Gasteiger partial charge < -0.3 is 56.3 Å². The van der Waals surface area contributed by atoms with Crippen LogP contribution in [0.5, 0.6) is 0 Å². The molecule has 3 aromatic rings. The fourth-order valence-electron chi connectivity index (χ4n) is 4.08. The van der Waals surface area contributed by atoms with E-state index in [9.17, 15) is 4.79 Å². The van der Waals surface area contributed by atoms with Crippen molar-refractivity contribution < 1.29 is 61.1 Å². The van der Waals surface area contributed by atoms with Crippen molar-refractivity contribution in [1.29, 1.82) is 0 Å². The fourth-order valence-corrected chi connectivity index (χ4v) is 4.08. The third kappa shape index (κ3) is 5.14. The van der Waals surface area contributed by atoms with E-state index in [1.165, 1.54) is 0 Å². The summed E-state index contributed by atoms with van der Waals surface area (Å²) in [6, 6.07) is 16.2. The molecular weight excluding hydrogens is 510 g/mol. The van der Waals surface area contributed by atoms with Crippen molar-refractivity contribution in [3.8, 4) is 0 Å². The summed E-state index contributed by atoms with van der Waals surface area (Å²) in [4.78, 5) is 19.3. The van der Waals surface area contributed by atoms with Crippen LogP contribution < -0.4 is 57.5 Å². The zero-order valence-electron chi connectivity index (χ0n) is 18.1. The summed E-state index contributed by atoms with van der Waals surface area (Å²) in [5.74, 6) is 0. The molecule has 4 rings (SSSR count). The number of hydrogen-bond acceptors (Lipinski definition) is 5. The van der Waals surface area contributed by atoms with Crippen molar-refractivity contribution in [2.45, 2.75) is 20.0 Å². The zero-order valence-corrected chi connectivity index (χ0v) is 23.3. The first-order chi connectivity index (χ1) is 13.0. The summed E-state index contributed by atoms with van der Waals surface area (Å²) in [5.41, 5.74) is 4.30. The van der Waals surface area contributed by atoms with Crippen LogP contribution in [0, 0.1) is 0 Å². The molecule has 0 saturated heterocycles. The van der Waals surface area contributed by atoms with Gasteiger partial charge in [-0.2, -0.15) is 0 Å². The van der Waals surface area contributed by atoms with Gasteiger partial charge in [0.25, 0.3) is 0 Å². The minimum atomic E-state index is -0.282. The molecule has 1 aliphatic heterocycles. The van der Waals surface area contributed by atoms with Gasteiger partial charge in [-0.05, 0) is 44.2 Å². The number of rotatable bonds is 4. The minimum absolute atomic E-state index is 0. The first kappa shape index (κ1) is 29.5. The first-order valence-corrected chi connectivity index (χ1v) is 9.42. The molecule has 2 heterocycles. The predicted octanol–water partition coefficient (Wildman–Crippen LogP) is -4.77. The van der Waals surface area contributed by atoms with Gasteiger partial charge in [0.05, 0.1) is 16.9 Å². The normalized spacial score (nSPS) is 12.3. The van der Waals surface area contributed by atoms with Crippen LogP contribution in [0.25, 0.3) is 11.0 Å². The number of hydrogen-bond donors (Lipinski definition) is 0. The monoisotopic (exact) mass is 532 g/mol. The van der Waals surface area contributed by atoms with E-state index in [1.54, 1.807) is 0 Å². The van der Waals surface area contributed by atoms with E-state index in [1.807, 2.05) is 44.4 Å². The van der Waals surface area contributed by atoms with Crippen LogP contribution in [-0.2, 0) is 19.5 Å². The number of halogens is 3. The molecule has 0 atom stereocenters. The maximum Gasteiger partial charge on any atom is 2.00 e. The smallest absolute Gasteiger partial charge is 1.00 e. The summed E-state index contributed by atoms with van der Waals surface area (Å²) in [6.07, 6.45) is -0.175. The van der Waals surface area contributed by atoms with Crippen LogP contribution >= 0.6 is 0 Å². The molecular formula is C22H25Cl3N3O2Zn-. The van der Waals surface area contributed by atoms with E-state index in [0.29, 0.717) is 11.1 Å². The Balaban J connectivity index is 0.00000225. The van der Waals surface area contributed by atoms with Gasteiger partial charge in [-0.3, -0.25) is 0 Å². The predicted molar refractivity (Wildman–Crippen MR) is 112 cm³/mol. The second-order valence-corrected chi connectivity index (χ2v) is 6.97. The van der Waals surface area contributed by atoms with Crippen molar-refractivity contribution in [2.24, 2.45) is 0 Å². The van der Waals surface area contributed by atoms with Crippen molar-refractivity contribution in [3.63, 3.8) is 0 Å². The third-order valence-corrected chi connectivity index (χ3v) is 5.53. The summed E-state index contributed by atoms with van der Waals surface area (Å²) < 4.78 is 5.74. The molecule has 164 valence electrons. The summed E-state index contributed by atoms with van der Waals surface area (Å²) >= 11 is 0. The second kappa shape index (κ2) is 12.0. The molecule has 0 bridgehead atoms. The van der Waals surface area contributed by atoms with Crippen LogP contribution in [-0.4, -0.2) is 27.2 Å². The van der Waals surface area contributed by atoms with Gasteiger partial charge in [0.2, 0.25) is 0 Å². The van der Waals surface area contributed by atoms with Crippen molar-refractivity contribution in [1.82, 2.24) is 0 Å². The molecule has 0 aliphatic carbocycles. The maximum atomic E-state index is 12.8. The minimum Gasteiger partial charge on any atom is -1.00 e. The molecule has 1 aliphatic rings. The van der Waals surface area contributed by atoms with E-state index in [2.05, 4.69) is 46.7 Å². The molecule has 0 amide bonds. The Morgan fingerprint density at radius 2 is 1.45 bits per heavy atom. The SMILES string of the molecule is CCN(CC)c1ccc2cc(C3N(C)c4ccccc4N3C)c(=O)oc2c1.[Cl-].[Cl-].[Cl-].[Zn+2]. The maximum absolute atomic E-state index is 12.8. The molecule has 31 heavy (non-hydrogen) atoms. The molecule has 0 spiro atoms.